The Kier molecular flexibility index (Phi) is 7.47. The zero-order valence-electron chi connectivity index (χ0n) is 16.1. The van der Waals surface area contributed by atoms with Crippen molar-refractivity contribution < 1.29 is 13.2 Å². The predicted molar refractivity (Wildman–Crippen MR) is 112 cm³/mol. The summed E-state index contributed by atoms with van der Waals surface area (Å²) in [4.78, 5) is 13.7. The Morgan fingerprint density at radius 3 is 2.11 bits per heavy atom. The van der Waals surface area contributed by atoms with E-state index in [2.05, 4.69) is 5.32 Å². The second-order valence-corrected chi connectivity index (χ2v) is 9.53. The SMILES string of the molecule is CCN(CC)S(=O)(=O)c1ccc(NC(=O)[C@H](C)Sc2ccc(C)cc2)cc1. The number of hydrogen-bond acceptors (Lipinski definition) is 4. The number of amides is 1. The van der Waals surface area contributed by atoms with Gasteiger partial charge < -0.3 is 5.32 Å². The van der Waals surface area contributed by atoms with E-state index in [4.69, 9.17) is 0 Å². The monoisotopic (exact) mass is 406 g/mol. The highest BCUT2D eigenvalue weighted by Crippen LogP contribution is 2.25. The Hall–Kier alpha value is -1.83. The maximum absolute atomic E-state index is 12.5. The fourth-order valence-electron chi connectivity index (χ4n) is 2.54. The van der Waals surface area contributed by atoms with Crippen LogP contribution in [0, 0.1) is 6.92 Å². The molecule has 0 aliphatic carbocycles. The van der Waals surface area contributed by atoms with E-state index in [9.17, 15) is 13.2 Å². The third-order valence-corrected chi connectivity index (χ3v) is 7.34. The van der Waals surface area contributed by atoms with Crippen LogP contribution in [-0.2, 0) is 14.8 Å². The predicted octanol–water partition coefficient (Wildman–Crippen LogP) is 4.14. The van der Waals surface area contributed by atoms with Crippen LogP contribution in [-0.4, -0.2) is 37.0 Å². The lowest BCUT2D eigenvalue weighted by Crippen LogP contribution is -2.30. The minimum absolute atomic E-state index is 0.125. The second kappa shape index (κ2) is 9.39. The van der Waals surface area contributed by atoms with Gasteiger partial charge in [-0.25, -0.2) is 8.42 Å². The van der Waals surface area contributed by atoms with Crippen LogP contribution in [0.15, 0.2) is 58.3 Å². The van der Waals surface area contributed by atoms with Crippen LogP contribution in [0.5, 0.6) is 0 Å². The molecular formula is C20H26N2O3S2. The van der Waals surface area contributed by atoms with E-state index >= 15 is 0 Å². The van der Waals surface area contributed by atoms with Crippen LogP contribution in [0.4, 0.5) is 5.69 Å². The van der Waals surface area contributed by atoms with Crippen LogP contribution < -0.4 is 5.32 Å². The smallest absolute Gasteiger partial charge is 0.243 e. The summed E-state index contributed by atoms with van der Waals surface area (Å²) in [6.07, 6.45) is 0. The van der Waals surface area contributed by atoms with E-state index in [1.54, 1.807) is 12.1 Å². The highest BCUT2D eigenvalue weighted by atomic mass is 32.2. The first-order valence-electron chi connectivity index (χ1n) is 8.92. The van der Waals surface area contributed by atoms with Gasteiger partial charge in [-0.05, 0) is 50.2 Å². The Morgan fingerprint density at radius 2 is 1.59 bits per heavy atom. The number of nitrogens with zero attached hydrogens (tertiary/aromatic N) is 1. The molecule has 2 aromatic rings. The van der Waals surface area contributed by atoms with Crippen LogP contribution >= 0.6 is 11.8 Å². The van der Waals surface area contributed by atoms with Crippen molar-refractivity contribution in [1.29, 1.82) is 0 Å². The molecule has 5 nitrogen and oxygen atoms in total. The van der Waals surface area contributed by atoms with Gasteiger partial charge in [0.05, 0.1) is 10.1 Å². The number of rotatable bonds is 8. The van der Waals surface area contributed by atoms with Gasteiger partial charge in [-0.1, -0.05) is 31.5 Å². The summed E-state index contributed by atoms with van der Waals surface area (Å²) in [5, 5.41) is 2.57. The lowest BCUT2D eigenvalue weighted by atomic mass is 10.2. The quantitative estimate of drug-likeness (QED) is 0.669. The molecule has 0 aliphatic rings. The molecule has 1 N–H and O–H groups in total. The van der Waals surface area contributed by atoms with Crippen LogP contribution in [0.25, 0.3) is 0 Å². The fourth-order valence-corrected chi connectivity index (χ4v) is 4.87. The zero-order chi connectivity index (χ0) is 20.0. The van der Waals surface area contributed by atoms with Gasteiger partial charge in [-0.3, -0.25) is 4.79 Å². The maximum Gasteiger partial charge on any atom is 0.243 e. The number of sulfonamides is 1. The van der Waals surface area contributed by atoms with Crippen molar-refractivity contribution in [3.63, 3.8) is 0 Å². The standard InChI is InChI=1S/C20H26N2O3S2/c1-5-22(6-2)27(24,25)19-13-9-17(10-14-19)21-20(23)16(4)26-18-11-7-15(3)8-12-18/h7-14,16H,5-6H2,1-4H3,(H,21,23)/t16-/m0/s1. The minimum atomic E-state index is -3.49. The highest BCUT2D eigenvalue weighted by molar-refractivity contribution is 8.00. The van der Waals surface area contributed by atoms with Crippen molar-refractivity contribution in [3.8, 4) is 0 Å². The molecule has 146 valence electrons. The number of anilines is 1. The number of benzene rings is 2. The van der Waals surface area contributed by atoms with Gasteiger partial charge in [-0.2, -0.15) is 4.31 Å². The molecule has 27 heavy (non-hydrogen) atoms. The van der Waals surface area contributed by atoms with E-state index in [0.29, 0.717) is 18.8 Å². The number of carbonyl (C=O) groups is 1. The number of thioether (sulfide) groups is 1. The molecule has 2 rings (SSSR count). The van der Waals surface area contributed by atoms with Crippen molar-refractivity contribution in [2.24, 2.45) is 0 Å². The molecule has 0 aromatic heterocycles. The Morgan fingerprint density at radius 1 is 1.04 bits per heavy atom. The first kappa shape index (κ1) is 21.5. The van der Waals surface area contributed by atoms with Crippen LogP contribution in [0.1, 0.15) is 26.3 Å². The van der Waals surface area contributed by atoms with Gasteiger partial charge in [0, 0.05) is 23.7 Å². The molecule has 0 heterocycles. The highest BCUT2D eigenvalue weighted by Gasteiger charge is 2.21. The molecule has 0 fully saturated rings. The lowest BCUT2D eigenvalue weighted by molar-refractivity contribution is -0.115. The summed E-state index contributed by atoms with van der Waals surface area (Å²) < 4.78 is 26.4. The fraction of sp³-hybridized carbons (Fsp3) is 0.350. The van der Waals surface area contributed by atoms with Crippen molar-refractivity contribution in [1.82, 2.24) is 4.31 Å². The molecule has 1 atom stereocenters. The Balaban J connectivity index is 2.03. The van der Waals surface area contributed by atoms with Crippen LogP contribution in [0.2, 0.25) is 0 Å². The van der Waals surface area contributed by atoms with Gasteiger partial charge in [0.15, 0.2) is 0 Å². The largest absolute Gasteiger partial charge is 0.325 e. The molecule has 0 saturated carbocycles. The zero-order valence-corrected chi connectivity index (χ0v) is 17.7. The van der Waals surface area contributed by atoms with Crippen molar-refractivity contribution >= 4 is 33.4 Å². The first-order chi connectivity index (χ1) is 12.8. The van der Waals surface area contributed by atoms with Crippen molar-refractivity contribution in [2.45, 2.75) is 42.7 Å². The third kappa shape index (κ3) is 5.57. The normalized spacial score (nSPS) is 12.8. The van der Waals surface area contributed by atoms with Crippen molar-refractivity contribution in [2.75, 3.05) is 18.4 Å². The summed E-state index contributed by atoms with van der Waals surface area (Å²) >= 11 is 1.48. The molecule has 0 bridgehead atoms. The lowest BCUT2D eigenvalue weighted by Gasteiger charge is -2.18. The van der Waals surface area contributed by atoms with Gasteiger partial charge in [-0.15, -0.1) is 11.8 Å². The molecule has 0 aliphatic heterocycles. The van der Waals surface area contributed by atoms with E-state index in [-0.39, 0.29) is 16.1 Å². The molecule has 2 aromatic carbocycles. The molecule has 0 radical (unpaired) electrons. The average Bonchev–Trinajstić information content (AvgIpc) is 2.64. The molecule has 0 unspecified atom stereocenters. The van der Waals surface area contributed by atoms with Gasteiger partial charge in [0.2, 0.25) is 15.9 Å². The molecule has 7 heteroatoms. The third-order valence-electron chi connectivity index (χ3n) is 4.17. The maximum atomic E-state index is 12.5. The summed E-state index contributed by atoms with van der Waals surface area (Å²) in [7, 11) is -3.49. The van der Waals surface area contributed by atoms with Crippen molar-refractivity contribution in [3.05, 3.63) is 54.1 Å². The Bertz CT molecular complexity index is 859. The van der Waals surface area contributed by atoms with E-state index in [1.165, 1.54) is 33.8 Å². The molecule has 0 spiro atoms. The topological polar surface area (TPSA) is 66.5 Å². The first-order valence-corrected chi connectivity index (χ1v) is 11.2. The summed E-state index contributed by atoms with van der Waals surface area (Å²) in [5.41, 5.74) is 1.76. The van der Waals surface area contributed by atoms with E-state index in [1.807, 2.05) is 52.0 Å². The molecular weight excluding hydrogens is 380 g/mol. The van der Waals surface area contributed by atoms with E-state index < -0.39 is 10.0 Å². The summed E-state index contributed by atoms with van der Waals surface area (Å²) in [6, 6.07) is 14.3. The number of nitrogens with one attached hydrogen (secondary N) is 1. The molecule has 0 saturated heterocycles. The van der Waals surface area contributed by atoms with E-state index in [0.717, 1.165) is 4.90 Å². The Labute approximate surface area is 166 Å². The average molecular weight is 407 g/mol. The molecule has 1 amide bonds. The van der Waals surface area contributed by atoms with Gasteiger partial charge in [0.1, 0.15) is 0 Å². The number of hydrogen-bond donors (Lipinski definition) is 1. The summed E-state index contributed by atoms with van der Waals surface area (Å²) in [5.74, 6) is -0.125. The minimum Gasteiger partial charge on any atom is -0.325 e. The second-order valence-electron chi connectivity index (χ2n) is 6.18. The summed E-state index contributed by atoms with van der Waals surface area (Å²) in [6.45, 7) is 8.33. The number of aryl methyl sites for hydroxylation is 1. The number of carbonyl (C=O) groups excluding carboxylic acids is 1. The van der Waals surface area contributed by atoms with Gasteiger partial charge in [0.25, 0.3) is 0 Å². The van der Waals surface area contributed by atoms with Crippen LogP contribution in [0.3, 0.4) is 0 Å². The van der Waals surface area contributed by atoms with Gasteiger partial charge >= 0.3 is 0 Å².